The summed E-state index contributed by atoms with van der Waals surface area (Å²) in [5.74, 6) is 0.422. The molecule has 0 saturated heterocycles. The lowest BCUT2D eigenvalue weighted by Crippen LogP contribution is -2.41. The number of hydrogen-bond acceptors (Lipinski definition) is 4. The topological polar surface area (TPSA) is 61.5 Å². The molecule has 20 heavy (non-hydrogen) atoms. The number of ether oxygens (including phenoxy) is 2. The van der Waals surface area contributed by atoms with Gasteiger partial charge in [0.05, 0.1) is 0 Å². The van der Waals surface area contributed by atoms with Crippen LogP contribution in [0.5, 0.6) is 5.75 Å². The zero-order chi connectivity index (χ0) is 15.1. The van der Waals surface area contributed by atoms with E-state index < -0.39 is 18.1 Å². The van der Waals surface area contributed by atoms with Crippen LogP contribution in [0.1, 0.15) is 20.8 Å². The van der Waals surface area contributed by atoms with Gasteiger partial charge in [-0.1, -0.05) is 38.6 Å². The van der Waals surface area contributed by atoms with Crippen molar-refractivity contribution in [3.8, 4) is 5.75 Å². The van der Waals surface area contributed by atoms with E-state index in [9.17, 15) is 4.79 Å². The third-order valence-corrected chi connectivity index (χ3v) is 2.85. The molecule has 0 spiro atoms. The molecular formula is C16H23NO3. The van der Waals surface area contributed by atoms with Gasteiger partial charge in [0.15, 0.2) is 6.10 Å². The first-order valence-corrected chi connectivity index (χ1v) is 6.76. The molecule has 0 fully saturated rings. The minimum Gasteiger partial charge on any atom is -0.486 e. The molecule has 1 rings (SSSR count). The molecule has 2 N–H and O–H groups in total. The Balaban J connectivity index is 2.82. The highest BCUT2D eigenvalue weighted by Crippen LogP contribution is 2.20. The average molecular weight is 277 g/mol. The Morgan fingerprint density at radius 2 is 1.85 bits per heavy atom. The molecule has 1 aromatic rings. The molecule has 0 bridgehead atoms. The van der Waals surface area contributed by atoms with E-state index in [1.807, 2.05) is 44.2 Å². The first-order valence-electron chi connectivity index (χ1n) is 6.76. The average Bonchev–Trinajstić information content (AvgIpc) is 2.43. The van der Waals surface area contributed by atoms with E-state index in [1.165, 1.54) is 0 Å². The summed E-state index contributed by atoms with van der Waals surface area (Å²) < 4.78 is 11.3. The Morgan fingerprint density at radius 1 is 1.25 bits per heavy atom. The van der Waals surface area contributed by atoms with E-state index in [1.54, 1.807) is 13.0 Å². The lowest BCUT2D eigenvalue weighted by Gasteiger charge is -2.29. The summed E-state index contributed by atoms with van der Waals surface area (Å²) >= 11 is 0. The lowest BCUT2D eigenvalue weighted by atomic mass is 10.0. The van der Waals surface area contributed by atoms with Crippen molar-refractivity contribution < 1.29 is 14.3 Å². The number of benzene rings is 1. The number of para-hydroxylation sites is 1. The predicted molar refractivity (Wildman–Crippen MR) is 79.4 cm³/mol. The van der Waals surface area contributed by atoms with Crippen molar-refractivity contribution in [3.05, 3.63) is 43.0 Å². The maximum absolute atomic E-state index is 11.6. The summed E-state index contributed by atoms with van der Waals surface area (Å²) in [4.78, 5) is 11.6. The molecule has 4 nitrogen and oxygen atoms in total. The molecule has 110 valence electrons. The summed E-state index contributed by atoms with van der Waals surface area (Å²) in [6.45, 7) is 9.32. The third-order valence-electron chi connectivity index (χ3n) is 2.85. The van der Waals surface area contributed by atoms with Crippen LogP contribution >= 0.6 is 0 Å². The Labute approximate surface area is 120 Å². The molecule has 0 aliphatic heterocycles. The second-order valence-corrected chi connectivity index (χ2v) is 5.07. The van der Waals surface area contributed by atoms with Gasteiger partial charge in [0.2, 0.25) is 0 Å². The van der Waals surface area contributed by atoms with Crippen LogP contribution in [0.4, 0.5) is 0 Å². The summed E-state index contributed by atoms with van der Waals surface area (Å²) in [5.41, 5.74) is 5.52. The minimum absolute atomic E-state index is 0.152. The molecule has 0 amide bonds. The normalized spacial score (nSPS) is 15.2. The summed E-state index contributed by atoms with van der Waals surface area (Å²) in [6, 6.07) is 8.76. The quantitative estimate of drug-likeness (QED) is 0.614. The van der Waals surface area contributed by atoms with Gasteiger partial charge in [-0.25, -0.2) is 0 Å². The fourth-order valence-electron chi connectivity index (χ4n) is 1.73. The van der Waals surface area contributed by atoms with Crippen LogP contribution in [0.25, 0.3) is 0 Å². The van der Waals surface area contributed by atoms with Gasteiger partial charge in [-0.05, 0) is 31.1 Å². The van der Waals surface area contributed by atoms with Crippen molar-refractivity contribution in [2.24, 2.45) is 11.7 Å². The predicted octanol–water partition coefficient (Wildman–Crippen LogP) is 2.54. The standard InChI is InChI=1S/C16H23NO3/c1-5-14(20-16(18)12(4)17)15(11(2)3)19-13-9-7-6-8-10-13/h5-12,14-15H,1,17H2,2-4H3/t12-,14-,15+/m0/s1. The minimum atomic E-state index is -0.665. The highest BCUT2D eigenvalue weighted by atomic mass is 16.6. The summed E-state index contributed by atoms with van der Waals surface area (Å²) in [6.07, 6.45) is 0.736. The molecule has 0 radical (unpaired) electrons. The smallest absolute Gasteiger partial charge is 0.323 e. The third kappa shape index (κ3) is 4.70. The van der Waals surface area contributed by atoms with Crippen molar-refractivity contribution in [1.29, 1.82) is 0 Å². The van der Waals surface area contributed by atoms with Crippen LogP contribution in [0.3, 0.4) is 0 Å². The number of rotatable bonds is 7. The lowest BCUT2D eigenvalue weighted by molar-refractivity contribution is -0.153. The van der Waals surface area contributed by atoms with E-state index >= 15 is 0 Å². The molecule has 0 heterocycles. The van der Waals surface area contributed by atoms with Gasteiger partial charge in [0.1, 0.15) is 17.9 Å². The van der Waals surface area contributed by atoms with Gasteiger partial charge in [-0.15, -0.1) is 0 Å². The number of hydrogen-bond donors (Lipinski definition) is 1. The fraction of sp³-hybridized carbons (Fsp3) is 0.438. The van der Waals surface area contributed by atoms with Gasteiger partial charge in [-0.3, -0.25) is 4.79 Å². The second-order valence-electron chi connectivity index (χ2n) is 5.07. The maximum atomic E-state index is 11.6. The highest BCUT2D eigenvalue weighted by Gasteiger charge is 2.28. The van der Waals surface area contributed by atoms with E-state index in [-0.39, 0.29) is 12.0 Å². The molecule has 0 aliphatic carbocycles. The Bertz CT molecular complexity index is 429. The zero-order valence-corrected chi connectivity index (χ0v) is 12.3. The van der Waals surface area contributed by atoms with Gasteiger partial charge < -0.3 is 15.2 Å². The van der Waals surface area contributed by atoms with Gasteiger partial charge >= 0.3 is 5.97 Å². The number of carbonyl (C=O) groups is 1. The van der Waals surface area contributed by atoms with E-state index in [4.69, 9.17) is 15.2 Å². The van der Waals surface area contributed by atoms with Crippen molar-refractivity contribution >= 4 is 5.97 Å². The van der Waals surface area contributed by atoms with E-state index in [2.05, 4.69) is 6.58 Å². The molecule has 0 unspecified atom stereocenters. The Hall–Kier alpha value is -1.81. The van der Waals surface area contributed by atoms with Gasteiger partial charge in [-0.2, -0.15) is 0 Å². The molecule has 0 aliphatic rings. The van der Waals surface area contributed by atoms with Crippen LogP contribution in [0.15, 0.2) is 43.0 Å². The van der Waals surface area contributed by atoms with E-state index in [0.29, 0.717) is 0 Å². The summed E-state index contributed by atoms with van der Waals surface area (Å²) in [7, 11) is 0. The molecule has 3 atom stereocenters. The van der Waals surface area contributed by atoms with Gasteiger partial charge in [0, 0.05) is 0 Å². The van der Waals surface area contributed by atoms with Crippen LogP contribution in [-0.2, 0) is 9.53 Å². The second kappa shape index (κ2) is 7.70. The van der Waals surface area contributed by atoms with Crippen molar-refractivity contribution in [1.82, 2.24) is 0 Å². The van der Waals surface area contributed by atoms with Crippen LogP contribution in [0.2, 0.25) is 0 Å². The first-order chi connectivity index (χ1) is 9.45. The molecule has 1 aromatic carbocycles. The maximum Gasteiger partial charge on any atom is 0.323 e. The first kappa shape index (κ1) is 16.2. The monoisotopic (exact) mass is 277 g/mol. The SMILES string of the molecule is C=C[C@H](OC(=O)[C@H](C)N)[C@H](Oc1ccccc1)C(C)C. The zero-order valence-electron chi connectivity index (χ0n) is 12.3. The number of carbonyl (C=O) groups excluding carboxylic acids is 1. The largest absolute Gasteiger partial charge is 0.486 e. The Morgan fingerprint density at radius 3 is 2.30 bits per heavy atom. The number of nitrogens with two attached hydrogens (primary N) is 1. The number of esters is 1. The summed E-state index contributed by atoms with van der Waals surface area (Å²) in [5, 5.41) is 0. The molecule has 0 aromatic heterocycles. The van der Waals surface area contributed by atoms with Crippen LogP contribution < -0.4 is 10.5 Å². The molecule has 4 heteroatoms. The molecular weight excluding hydrogens is 254 g/mol. The van der Waals surface area contributed by atoms with Crippen LogP contribution in [-0.4, -0.2) is 24.2 Å². The van der Waals surface area contributed by atoms with Crippen molar-refractivity contribution in [3.63, 3.8) is 0 Å². The Kier molecular flexibility index (Phi) is 6.25. The van der Waals surface area contributed by atoms with Crippen LogP contribution in [0, 0.1) is 5.92 Å². The van der Waals surface area contributed by atoms with Crippen molar-refractivity contribution in [2.45, 2.75) is 39.0 Å². The molecule has 0 saturated carbocycles. The highest BCUT2D eigenvalue weighted by molar-refractivity contribution is 5.75. The van der Waals surface area contributed by atoms with Gasteiger partial charge in [0.25, 0.3) is 0 Å². The fourth-order valence-corrected chi connectivity index (χ4v) is 1.73. The van der Waals surface area contributed by atoms with E-state index in [0.717, 1.165) is 5.75 Å². The van der Waals surface area contributed by atoms with Crippen molar-refractivity contribution in [2.75, 3.05) is 0 Å².